The zero-order valence-corrected chi connectivity index (χ0v) is 18.9. The van der Waals surface area contributed by atoms with Crippen molar-refractivity contribution in [1.82, 2.24) is 9.97 Å². The number of nitrogens with zero attached hydrogens (tertiary/aromatic N) is 4. The maximum atomic E-state index is 9.39. The molecule has 0 fully saturated rings. The van der Waals surface area contributed by atoms with Crippen molar-refractivity contribution in [1.29, 1.82) is 0 Å². The smallest absolute Gasteiger partial charge is 0.592 e. The normalized spacial score (nSPS) is 11.4. The maximum absolute atomic E-state index is 9.39. The van der Waals surface area contributed by atoms with Gasteiger partial charge >= 0.3 is 17.1 Å². The molecule has 0 bridgehead atoms. The molecule has 1 radical (unpaired) electrons. The van der Waals surface area contributed by atoms with E-state index in [-0.39, 0.29) is 30.3 Å². The van der Waals surface area contributed by atoms with Crippen LogP contribution in [-0.4, -0.2) is 55.9 Å². The molecule has 0 saturated heterocycles. The molecule has 0 saturated carbocycles. The monoisotopic (exact) mass is 479 g/mol. The second-order valence-electron chi connectivity index (χ2n) is 7.12. The Morgan fingerprint density at radius 1 is 0.774 bits per heavy atom. The molecular weight excluding hydrogens is 448 g/mol. The fourth-order valence-corrected chi connectivity index (χ4v) is 2.95. The van der Waals surface area contributed by atoms with Crippen LogP contribution in [0.25, 0.3) is 0 Å². The third-order valence-electron chi connectivity index (χ3n) is 4.89. The van der Waals surface area contributed by atoms with E-state index in [9.17, 15) is 10.2 Å². The number of aryl methyl sites for hydroxylation is 2. The van der Waals surface area contributed by atoms with Gasteiger partial charge in [-0.15, -0.1) is 0 Å². The fraction of sp³-hybridized carbons (Fsp3) is 0.455. The molecule has 0 amide bonds. The van der Waals surface area contributed by atoms with E-state index in [1.165, 1.54) is 0 Å². The number of hydrogen-bond acceptors (Lipinski definition) is 6. The average Bonchev–Trinajstić information content (AvgIpc) is 2.75. The van der Waals surface area contributed by atoms with Gasteiger partial charge in [-0.3, -0.25) is 20.0 Å². The van der Waals surface area contributed by atoms with Gasteiger partial charge in [-0.2, -0.15) is 0 Å². The molecule has 6 N–H and O–H groups in total. The second kappa shape index (κ2) is 13.9. The topological polar surface area (TPSA) is 137 Å². The van der Waals surface area contributed by atoms with Crippen molar-refractivity contribution in [2.75, 3.05) is 13.1 Å². The first-order valence-corrected chi connectivity index (χ1v) is 10.1. The Morgan fingerprint density at radius 2 is 1.16 bits per heavy atom. The summed E-state index contributed by atoms with van der Waals surface area (Å²) in [5.74, 6) is 0.625. The Morgan fingerprint density at radius 3 is 1.52 bits per heavy atom. The number of aliphatic hydroxyl groups excluding tert-OH is 2. The molecule has 171 valence electrons. The number of rotatable bonds is 11. The first kappa shape index (κ1) is 26.7. The minimum absolute atomic E-state index is 0. The van der Waals surface area contributed by atoms with E-state index >= 15 is 0 Å². The molecule has 31 heavy (non-hydrogen) atoms. The van der Waals surface area contributed by atoms with E-state index in [1.807, 2.05) is 0 Å². The number of hydrogen-bond donors (Lipinski definition) is 2. The van der Waals surface area contributed by atoms with Crippen molar-refractivity contribution < 1.29 is 37.5 Å². The summed E-state index contributed by atoms with van der Waals surface area (Å²) >= 11 is 0. The number of aliphatic hydroxyl groups is 2. The SMILES string of the molecule is Cc1ncc(CO)c(C=NCCCCCCN=Cc2c(CO)cnc(C)c2[OH2+])c1[OH2+].[Cu+2]. The fourth-order valence-electron chi connectivity index (χ4n) is 2.95. The Balaban J connectivity index is 0.00000480. The summed E-state index contributed by atoms with van der Waals surface area (Å²) in [6, 6.07) is 0. The first-order chi connectivity index (χ1) is 14.5. The summed E-state index contributed by atoms with van der Waals surface area (Å²) in [4.78, 5) is 17.0. The molecule has 8 nitrogen and oxygen atoms in total. The van der Waals surface area contributed by atoms with Gasteiger partial charge < -0.3 is 20.4 Å². The summed E-state index contributed by atoms with van der Waals surface area (Å²) in [5, 5.41) is 34.9. The summed E-state index contributed by atoms with van der Waals surface area (Å²) in [6.07, 6.45) is 10.5. The van der Waals surface area contributed by atoms with Crippen LogP contribution in [0.1, 0.15) is 59.3 Å². The van der Waals surface area contributed by atoms with Crippen LogP contribution in [0.2, 0.25) is 0 Å². The average molecular weight is 480 g/mol. The molecule has 9 heteroatoms. The molecule has 0 atom stereocenters. The van der Waals surface area contributed by atoms with Gasteiger partial charge in [0.25, 0.3) is 11.5 Å². The summed E-state index contributed by atoms with van der Waals surface area (Å²) in [6.45, 7) is 4.59. The second-order valence-corrected chi connectivity index (χ2v) is 7.12. The zero-order valence-electron chi connectivity index (χ0n) is 18.0. The van der Waals surface area contributed by atoms with Crippen LogP contribution in [0.4, 0.5) is 0 Å². The van der Waals surface area contributed by atoms with Gasteiger partial charge in [0, 0.05) is 49.0 Å². The van der Waals surface area contributed by atoms with E-state index < -0.39 is 0 Å². The molecule has 2 aromatic rings. The minimum Gasteiger partial charge on any atom is -0.592 e. The van der Waals surface area contributed by atoms with Crippen LogP contribution in [0.15, 0.2) is 22.4 Å². The van der Waals surface area contributed by atoms with Crippen LogP contribution in [0, 0.1) is 13.8 Å². The molecule has 0 spiro atoms. The van der Waals surface area contributed by atoms with E-state index in [0.29, 0.717) is 58.2 Å². The molecule has 0 aliphatic rings. The van der Waals surface area contributed by atoms with Gasteiger partial charge in [0.15, 0.2) is 0 Å². The van der Waals surface area contributed by atoms with Crippen LogP contribution < -0.4 is 0 Å². The van der Waals surface area contributed by atoms with Crippen molar-refractivity contribution in [2.24, 2.45) is 9.98 Å². The quantitative estimate of drug-likeness (QED) is 0.220. The maximum Gasteiger partial charge on any atom is 2.00 e. The van der Waals surface area contributed by atoms with Gasteiger partial charge in [-0.25, -0.2) is 0 Å². The van der Waals surface area contributed by atoms with Crippen molar-refractivity contribution >= 4 is 12.4 Å². The van der Waals surface area contributed by atoms with Crippen molar-refractivity contribution in [3.05, 3.63) is 46.0 Å². The summed E-state index contributed by atoms with van der Waals surface area (Å²) < 4.78 is 0. The molecule has 2 heterocycles. The molecule has 2 rings (SSSR count). The number of pyridine rings is 2. The minimum atomic E-state index is -0.151. The zero-order chi connectivity index (χ0) is 21.9. The van der Waals surface area contributed by atoms with Crippen molar-refractivity contribution in [3.63, 3.8) is 0 Å². The molecular formula is C22H32CuN4O4+4. The van der Waals surface area contributed by atoms with Crippen LogP contribution in [0.5, 0.6) is 11.5 Å². The third-order valence-corrected chi connectivity index (χ3v) is 4.89. The Bertz CT molecular complexity index is 830. The van der Waals surface area contributed by atoms with E-state index in [2.05, 4.69) is 20.0 Å². The van der Waals surface area contributed by atoms with E-state index in [1.54, 1.807) is 38.7 Å². The van der Waals surface area contributed by atoms with Gasteiger partial charge in [0.1, 0.15) is 11.4 Å². The Hall–Kier alpha value is -2.32. The third kappa shape index (κ3) is 7.70. The first-order valence-electron chi connectivity index (χ1n) is 10.1. The van der Waals surface area contributed by atoms with E-state index in [0.717, 1.165) is 25.7 Å². The number of aromatic nitrogens is 2. The van der Waals surface area contributed by atoms with Crippen molar-refractivity contribution in [3.8, 4) is 11.5 Å². The van der Waals surface area contributed by atoms with Gasteiger partial charge in [-0.1, -0.05) is 12.8 Å². The van der Waals surface area contributed by atoms with Gasteiger partial charge in [-0.05, 0) is 26.7 Å². The van der Waals surface area contributed by atoms with Gasteiger partial charge in [0.05, 0.1) is 24.3 Å². The molecule has 0 unspecified atom stereocenters. The molecule has 0 aliphatic heterocycles. The largest absolute Gasteiger partial charge is 2.00 e. The summed E-state index contributed by atoms with van der Waals surface area (Å²) in [5.41, 5.74) is 3.77. The van der Waals surface area contributed by atoms with Crippen LogP contribution in [0.3, 0.4) is 0 Å². The molecule has 0 aromatic carbocycles. The predicted molar refractivity (Wildman–Crippen MR) is 119 cm³/mol. The van der Waals surface area contributed by atoms with Crippen molar-refractivity contribution in [2.45, 2.75) is 52.7 Å². The number of unbranched alkanes of at least 4 members (excludes halogenated alkanes) is 3. The Labute approximate surface area is 193 Å². The van der Waals surface area contributed by atoms with E-state index in [4.69, 9.17) is 10.2 Å². The summed E-state index contributed by atoms with van der Waals surface area (Å²) in [7, 11) is 0. The van der Waals surface area contributed by atoms with Crippen LogP contribution >= 0.6 is 0 Å². The van der Waals surface area contributed by atoms with Gasteiger partial charge in [0.2, 0.25) is 0 Å². The predicted octanol–water partition coefficient (Wildman–Crippen LogP) is 2.05. The standard InChI is InChI=1S/C22H30N4O4.Cu/c1-15-21(29)19(17(13-27)9-25-15)11-23-7-5-3-4-6-8-24-12-20-18(14-28)10-26-16(2)22(20)30;/h9-12,27-30H,3-8,13-14H2,1-2H3;/q;+2/p+2. The molecule has 2 aromatic heterocycles. The Kier molecular flexibility index (Phi) is 12.0. The number of aliphatic imine (C=N–C) groups is 2. The molecule has 0 aliphatic carbocycles. The van der Waals surface area contributed by atoms with Crippen LogP contribution in [-0.2, 0) is 30.3 Å².